The van der Waals surface area contributed by atoms with E-state index in [1.807, 2.05) is 49.4 Å². The molecule has 0 radical (unpaired) electrons. The van der Waals surface area contributed by atoms with E-state index in [0.29, 0.717) is 5.89 Å². The Balaban J connectivity index is 2.21. The lowest BCUT2D eigenvalue weighted by Crippen LogP contribution is -1.76. The second-order valence-electron chi connectivity index (χ2n) is 3.95. The van der Waals surface area contributed by atoms with Crippen molar-refractivity contribution in [1.82, 2.24) is 4.98 Å². The molecule has 3 heteroatoms. The number of fused-ring (bicyclic) bond motifs is 1. The molecule has 0 spiro atoms. The molecular weight excluding hydrogens is 278 g/mol. The van der Waals surface area contributed by atoms with Gasteiger partial charge in [0.05, 0.1) is 0 Å². The van der Waals surface area contributed by atoms with E-state index in [-0.39, 0.29) is 0 Å². The molecule has 1 heterocycles. The van der Waals surface area contributed by atoms with Crippen molar-refractivity contribution in [3.05, 3.63) is 52.5 Å². The fourth-order valence-corrected chi connectivity index (χ4v) is 2.08. The van der Waals surface area contributed by atoms with Gasteiger partial charge in [0, 0.05) is 10.0 Å². The van der Waals surface area contributed by atoms with Crippen molar-refractivity contribution in [3.63, 3.8) is 0 Å². The third-order valence-corrected chi connectivity index (χ3v) is 3.54. The number of nitrogens with zero attached hydrogens (tertiary/aromatic N) is 1. The molecule has 84 valence electrons. The molecule has 2 aromatic carbocycles. The number of aryl methyl sites for hydroxylation is 1. The normalized spacial score (nSPS) is 10.9. The summed E-state index contributed by atoms with van der Waals surface area (Å²) in [5.74, 6) is 0.665. The third-order valence-electron chi connectivity index (χ3n) is 2.69. The molecule has 0 saturated carbocycles. The molecule has 0 aliphatic rings. The average Bonchev–Trinajstić information content (AvgIpc) is 2.74. The Kier molecular flexibility index (Phi) is 2.48. The van der Waals surface area contributed by atoms with Gasteiger partial charge in [-0.25, -0.2) is 4.98 Å². The summed E-state index contributed by atoms with van der Waals surface area (Å²) in [4.78, 5) is 4.50. The smallest absolute Gasteiger partial charge is 0.227 e. The number of hydrogen-bond donors (Lipinski definition) is 0. The van der Waals surface area contributed by atoms with Gasteiger partial charge < -0.3 is 4.42 Å². The fraction of sp³-hybridized carbons (Fsp3) is 0.0714. The summed E-state index contributed by atoms with van der Waals surface area (Å²) in [6.07, 6.45) is 0. The number of aromatic nitrogens is 1. The van der Waals surface area contributed by atoms with Gasteiger partial charge in [0.25, 0.3) is 0 Å². The van der Waals surface area contributed by atoms with Crippen LogP contribution in [0, 0.1) is 6.92 Å². The van der Waals surface area contributed by atoms with E-state index in [0.717, 1.165) is 26.7 Å². The predicted octanol–water partition coefficient (Wildman–Crippen LogP) is 4.57. The first kappa shape index (κ1) is 10.5. The minimum Gasteiger partial charge on any atom is -0.436 e. The average molecular weight is 288 g/mol. The Labute approximate surface area is 107 Å². The quantitative estimate of drug-likeness (QED) is 0.655. The molecule has 0 aliphatic heterocycles. The maximum absolute atomic E-state index is 5.75. The molecule has 3 aromatic rings. The van der Waals surface area contributed by atoms with Crippen molar-refractivity contribution < 1.29 is 4.42 Å². The molecule has 0 amide bonds. The van der Waals surface area contributed by atoms with Gasteiger partial charge in [-0.05, 0) is 36.8 Å². The van der Waals surface area contributed by atoms with Gasteiger partial charge in [-0.2, -0.15) is 0 Å². The molecule has 0 saturated heterocycles. The molecule has 0 unspecified atom stereocenters. The van der Waals surface area contributed by atoms with E-state index < -0.39 is 0 Å². The van der Waals surface area contributed by atoms with Crippen LogP contribution in [0.15, 0.2) is 51.4 Å². The van der Waals surface area contributed by atoms with Crippen LogP contribution >= 0.6 is 15.9 Å². The van der Waals surface area contributed by atoms with Crippen LogP contribution < -0.4 is 0 Å². The Morgan fingerprint density at radius 3 is 2.65 bits per heavy atom. The van der Waals surface area contributed by atoms with Gasteiger partial charge in [0.1, 0.15) is 5.52 Å². The molecule has 0 aliphatic carbocycles. The van der Waals surface area contributed by atoms with E-state index in [9.17, 15) is 0 Å². The monoisotopic (exact) mass is 287 g/mol. The van der Waals surface area contributed by atoms with Gasteiger partial charge in [-0.3, -0.25) is 0 Å². The number of oxazole rings is 1. The predicted molar refractivity (Wildman–Crippen MR) is 71.9 cm³/mol. The van der Waals surface area contributed by atoms with Crippen LogP contribution in [-0.2, 0) is 0 Å². The zero-order valence-electron chi connectivity index (χ0n) is 9.27. The topological polar surface area (TPSA) is 26.0 Å². The standard InChI is InChI=1S/C14H10BrNO/c1-9-7-12-13(8-11(9)15)17-14(16-12)10-5-3-2-4-6-10/h2-8H,1H3. The molecule has 0 fully saturated rings. The third kappa shape index (κ3) is 1.87. The summed E-state index contributed by atoms with van der Waals surface area (Å²) < 4.78 is 6.79. The van der Waals surface area contributed by atoms with E-state index in [1.54, 1.807) is 0 Å². The van der Waals surface area contributed by atoms with Crippen LogP contribution in [0.5, 0.6) is 0 Å². The molecule has 0 bridgehead atoms. The van der Waals surface area contributed by atoms with Gasteiger partial charge in [0.15, 0.2) is 5.58 Å². The highest BCUT2D eigenvalue weighted by atomic mass is 79.9. The van der Waals surface area contributed by atoms with Crippen molar-refractivity contribution in [3.8, 4) is 11.5 Å². The van der Waals surface area contributed by atoms with Crippen LogP contribution in [0.2, 0.25) is 0 Å². The molecule has 17 heavy (non-hydrogen) atoms. The first-order chi connectivity index (χ1) is 8.24. The first-order valence-corrected chi connectivity index (χ1v) is 6.15. The van der Waals surface area contributed by atoms with Crippen molar-refractivity contribution in [2.75, 3.05) is 0 Å². The Hall–Kier alpha value is -1.61. The summed E-state index contributed by atoms with van der Waals surface area (Å²) in [7, 11) is 0. The van der Waals surface area contributed by atoms with E-state index in [1.165, 1.54) is 0 Å². The number of benzene rings is 2. The van der Waals surface area contributed by atoms with Crippen molar-refractivity contribution in [2.45, 2.75) is 6.92 Å². The second kappa shape index (κ2) is 4.00. The molecule has 0 N–H and O–H groups in total. The van der Waals surface area contributed by atoms with Crippen LogP contribution in [0.4, 0.5) is 0 Å². The highest BCUT2D eigenvalue weighted by molar-refractivity contribution is 9.10. The Bertz CT molecular complexity index is 634. The Morgan fingerprint density at radius 2 is 1.88 bits per heavy atom. The number of halogens is 1. The van der Waals surface area contributed by atoms with E-state index >= 15 is 0 Å². The van der Waals surface area contributed by atoms with Gasteiger partial charge >= 0.3 is 0 Å². The summed E-state index contributed by atoms with van der Waals surface area (Å²) in [6, 6.07) is 13.9. The van der Waals surface area contributed by atoms with E-state index in [2.05, 4.69) is 20.9 Å². The summed E-state index contributed by atoms with van der Waals surface area (Å²) in [5, 5.41) is 0. The summed E-state index contributed by atoms with van der Waals surface area (Å²) in [6.45, 7) is 2.04. The highest BCUT2D eigenvalue weighted by Crippen LogP contribution is 2.28. The van der Waals surface area contributed by atoms with Crippen molar-refractivity contribution in [1.29, 1.82) is 0 Å². The maximum atomic E-state index is 5.75. The van der Waals surface area contributed by atoms with Gasteiger partial charge in [-0.1, -0.05) is 34.1 Å². The van der Waals surface area contributed by atoms with Gasteiger partial charge in [-0.15, -0.1) is 0 Å². The second-order valence-corrected chi connectivity index (χ2v) is 4.81. The van der Waals surface area contributed by atoms with Crippen LogP contribution in [0.1, 0.15) is 5.56 Å². The van der Waals surface area contributed by atoms with Gasteiger partial charge in [0.2, 0.25) is 5.89 Å². The highest BCUT2D eigenvalue weighted by Gasteiger charge is 2.09. The lowest BCUT2D eigenvalue weighted by molar-refractivity contribution is 0.619. The first-order valence-electron chi connectivity index (χ1n) is 5.36. The maximum Gasteiger partial charge on any atom is 0.227 e. The molecular formula is C14H10BrNO. The largest absolute Gasteiger partial charge is 0.436 e. The fourth-order valence-electron chi connectivity index (χ4n) is 1.76. The van der Waals surface area contributed by atoms with Crippen molar-refractivity contribution >= 4 is 27.0 Å². The van der Waals surface area contributed by atoms with Crippen LogP contribution in [-0.4, -0.2) is 4.98 Å². The number of hydrogen-bond acceptors (Lipinski definition) is 2. The van der Waals surface area contributed by atoms with Crippen molar-refractivity contribution in [2.24, 2.45) is 0 Å². The molecule has 3 rings (SSSR count). The molecule has 1 aromatic heterocycles. The minimum atomic E-state index is 0.665. The SMILES string of the molecule is Cc1cc2nc(-c3ccccc3)oc2cc1Br. The summed E-state index contributed by atoms with van der Waals surface area (Å²) in [5.41, 5.74) is 3.86. The molecule has 2 nitrogen and oxygen atoms in total. The minimum absolute atomic E-state index is 0.665. The lowest BCUT2D eigenvalue weighted by atomic mass is 10.2. The zero-order chi connectivity index (χ0) is 11.8. The lowest BCUT2D eigenvalue weighted by Gasteiger charge is -1.94. The summed E-state index contributed by atoms with van der Waals surface area (Å²) >= 11 is 3.49. The number of rotatable bonds is 1. The Morgan fingerprint density at radius 1 is 1.12 bits per heavy atom. The van der Waals surface area contributed by atoms with Crippen LogP contribution in [0.3, 0.4) is 0 Å². The van der Waals surface area contributed by atoms with Crippen LogP contribution in [0.25, 0.3) is 22.6 Å². The molecule has 0 atom stereocenters. The zero-order valence-corrected chi connectivity index (χ0v) is 10.9. The van der Waals surface area contributed by atoms with E-state index in [4.69, 9.17) is 4.42 Å².